The molecule has 0 atom stereocenters. The van der Waals surface area contributed by atoms with E-state index in [9.17, 15) is 4.79 Å². The summed E-state index contributed by atoms with van der Waals surface area (Å²) in [6, 6.07) is 7.15. The molecule has 0 aliphatic heterocycles. The molecule has 1 aromatic rings. The molecule has 1 rings (SSSR count). The van der Waals surface area contributed by atoms with Crippen LogP contribution in [0.3, 0.4) is 0 Å². The van der Waals surface area contributed by atoms with Crippen LogP contribution in [0.5, 0.6) is 5.75 Å². The molecule has 0 saturated carbocycles. The molecule has 19 heavy (non-hydrogen) atoms. The van der Waals surface area contributed by atoms with Gasteiger partial charge in [-0.2, -0.15) is 0 Å². The third-order valence-electron chi connectivity index (χ3n) is 2.99. The van der Waals surface area contributed by atoms with Gasteiger partial charge in [-0.15, -0.1) is 0 Å². The van der Waals surface area contributed by atoms with Crippen LogP contribution in [0.4, 0.5) is 0 Å². The van der Waals surface area contributed by atoms with E-state index in [2.05, 4.69) is 10.6 Å². The van der Waals surface area contributed by atoms with Crippen molar-refractivity contribution in [2.45, 2.75) is 25.7 Å². The second-order valence-electron chi connectivity index (χ2n) is 4.50. The molecule has 1 aromatic carbocycles. The Morgan fingerprint density at radius 3 is 2.26 bits per heavy atom. The lowest BCUT2D eigenvalue weighted by Crippen LogP contribution is -2.24. The molecule has 0 bridgehead atoms. The van der Waals surface area contributed by atoms with Crippen LogP contribution in [-0.4, -0.2) is 33.2 Å². The first-order chi connectivity index (χ1) is 9.27. The predicted octanol–water partition coefficient (Wildman–Crippen LogP) is 2.20. The third kappa shape index (κ3) is 6.25. The van der Waals surface area contributed by atoms with Gasteiger partial charge in [-0.25, -0.2) is 0 Å². The number of amides is 1. The number of nitrogens with one attached hydrogen (secondary N) is 2. The van der Waals surface area contributed by atoms with Gasteiger partial charge in [0, 0.05) is 12.1 Å². The summed E-state index contributed by atoms with van der Waals surface area (Å²) in [5.74, 6) is 0.749. The SMILES string of the molecule is CNCCCCCCNC(=O)c1ccc(OC)cc1. The van der Waals surface area contributed by atoms with Gasteiger partial charge in [-0.3, -0.25) is 4.79 Å². The Labute approximate surface area is 115 Å². The molecule has 0 fully saturated rings. The zero-order valence-corrected chi connectivity index (χ0v) is 11.9. The fourth-order valence-corrected chi connectivity index (χ4v) is 1.83. The summed E-state index contributed by atoms with van der Waals surface area (Å²) in [6.45, 7) is 1.81. The third-order valence-corrected chi connectivity index (χ3v) is 2.99. The lowest BCUT2D eigenvalue weighted by Gasteiger charge is -2.06. The molecular weight excluding hydrogens is 240 g/mol. The van der Waals surface area contributed by atoms with Crippen LogP contribution in [0.1, 0.15) is 36.0 Å². The van der Waals surface area contributed by atoms with E-state index in [1.807, 2.05) is 7.05 Å². The first-order valence-electron chi connectivity index (χ1n) is 6.84. The minimum Gasteiger partial charge on any atom is -0.497 e. The van der Waals surface area contributed by atoms with E-state index in [0.29, 0.717) is 5.56 Å². The normalized spacial score (nSPS) is 10.2. The fourth-order valence-electron chi connectivity index (χ4n) is 1.83. The minimum atomic E-state index is -0.0159. The zero-order chi connectivity index (χ0) is 13.9. The van der Waals surface area contributed by atoms with Crippen molar-refractivity contribution in [2.24, 2.45) is 0 Å². The summed E-state index contributed by atoms with van der Waals surface area (Å²) in [6.07, 6.45) is 4.60. The summed E-state index contributed by atoms with van der Waals surface area (Å²) in [5, 5.41) is 6.06. The maximum Gasteiger partial charge on any atom is 0.251 e. The summed E-state index contributed by atoms with van der Waals surface area (Å²) in [5.41, 5.74) is 0.677. The van der Waals surface area contributed by atoms with Crippen LogP contribution in [0.2, 0.25) is 0 Å². The highest BCUT2D eigenvalue weighted by atomic mass is 16.5. The van der Waals surface area contributed by atoms with E-state index >= 15 is 0 Å². The van der Waals surface area contributed by atoms with Gasteiger partial charge in [-0.05, 0) is 50.7 Å². The van der Waals surface area contributed by atoms with Crippen LogP contribution in [0.15, 0.2) is 24.3 Å². The highest BCUT2D eigenvalue weighted by Crippen LogP contribution is 2.11. The lowest BCUT2D eigenvalue weighted by molar-refractivity contribution is 0.0953. The van der Waals surface area contributed by atoms with Gasteiger partial charge < -0.3 is 15.4 Å². The molecule has 0 heterocycles. The predicted molar refractivity (Wildman–Crippen MR) is 77.7 cm³/mol. The Morgan fingerprint density at radius 2 is 1.68 bits per heavy atom. The van der Waals surface area contributed by atoms with Gasteiger partial charge in [0.15, 0.2) is 0 Å². The van der Waals surface area contributed by atoms with E-state index in [1.165, 1.54) is 12.8 Å². The highest BCUT2D eigenvalue weighted by molar-refractivity contribution is 5.94. The average molecular weight is 264 g/mol. The van der Waals surface area contributed by atoms with E-state index in [-0.39, 0.29) is 5.91 Å². The fraction of sp³-hybridized carbons (Fsp3) is 0.533. The molecule has 2 N–H and O–H groups in total. The molecule has 0 radical (unpaired) electrons. The van der Waals surface area contributed by atoms with Gasteiger partial charge in [0.05, 0.1) is 7.11 Å². The molecule has 0 unspecified atom stereocenters. The Kier molecular flexibility index (Phi) is 7.66. The largest absolute Gasteiger partial charge is 0.497 e. The Balaban J connectivity index is 2.16. The molecule has 4 nitrogen and oxygen atoms in total. The minimum absolute atomic E-state index is 0.0159. The molecule has 0 saturated heterocycles. The number of ether oxygens (including phenoxy) is 1. The van der Waals surface area contributed by atoms with Crippen molar-refractivity contribution in [2.75, 3.05) is 27.2 Å². The summed E-state index contributed by atoms with van der Waals surface area (Å²) in [4.78, 5) is 11.8. The second-order valence-corrected chi connectivity index (χ2v) is 4.50. The van der Waals surface area contributed by atoms with Crippen molar-refractivity contribution in [1.82, 2.24) is 10.6 Å². The summed E-state index contributed by atoms with van der Waals surface area (Å²) in [7, 11) is 3.58. The number of rotatable bonds is 9. The van der Waals surface area contributed by atoms with Crippen LogP contribution in [0, 0.1) is 0 Å². The standard InChI is InChI=1S/C15H24N2O2/c1-16-11-5-3-4-6-12-17-15(18)13-7-9-14(19-2)10-8-13/h7-10,16H,3-6,11-12H2,1-2H3,(H,17,18). The number of benzene rings is 1. The Bertz CT molecular complexity index is 363. The molecular formula is C15H24N2O2. The first-order valence-corrected chi connectivity index (χ1v) is 6.84. The Morgan fingerprint density at radius 1 is 1.05 bits per heavy atom. The van der Waals surface area contributed by atoms with E-state index in [1.54, 1.807) is 31.4 Å². The van der Waals surface area contributed by atoms with E-state index in [4.69, 9.17) is 4.74 Å². The Hall–Kier alpha value is -1.55. The van der Waals surface area contributed by atoms with Crippen molar-refractivity contribution < 1.29 is 9.53 Å². The molecule has 4 heteroatoms. The molecule has 106 valence electrons. The first kappa shape index (κ1) is 15.5. The number of hydrogen-bond acceptors (Lipinski definition) is 3. The summed E-state index contributed by atoms with van der Waals surface area (Å²) >= 11 is 0. The maximum atomic E-state index is 11.8. The molecule has 0 aliphatic rings. The van der Waals surface area contributed by atoms with Crippen LogP contribution in [-0.2, 0) is 0 Å². The van der Waals surface area contributed by atoms with Gasteiger partial charge in [0.1, 0.15) is 5.75 Å². The smallest absolute Gasteiger partial charge is 0.251 e. The van der Waals surface area contributed by atoms with E-state index in [0.717, 1.165) is 31.7 Å². The van der Waals surface area contributed by atoms with Gasteiger partial charge in [0.2, 0.25) is 0 Å². The van der Waals surface area contributed by atoms with Gasteiger partial charge >= 0.3 is 0 Å². The van der Waals surface area contributed by atoms with Crippen LogP contribution < -0.4 is 15.4 Å². The highest BCUT2D eigenvalue weighted by Gasteiger charge is 2.04. The number of hydrogen-bond donors (Lipinski definition) is 2. The molecule has 0 spiro atoms. The van der Waals surface area contributed by atoms with Crippen molar-refractivity contribution >= 4 is 5.91 Å². The topological polar surface area (TPSA) is 50.4 Å². The number of unbranched alkanes of at least 4 members (excludes halogenated alkanes) is 3. The maximum absolute atomic E-state index is 11.8. The van der Waals surface area contributed by atoms with Crippen molar-refractivity contribution in [3.63, 3.8) is 0 Å². The summed E-state index contributed by atoms with van der Waals surface area (Å²) < 4.78 is 5.06. The quantitative estimate of drug-likeness (QED) is 0.672. The molecule has 0 aliphatic carbocycles. The van der Waals surface area contributed by atoms with Crippen molar-refractivity contribution in [1.29, 1.82) is 0 Å². The number of methoxy groups -OCH3 is 1. The zero-order valence-electron chi connectivity index (χ0n) is 11.9. The van der Waals surface area contributed by atoms with Crippen molar-refractivity contribution in [3.05, 3.63) is 29.8 Å². The molecule has 1 amide bonds. The van der Waals surface area contributed by atoms with Crippen LogP contribution >= 0.6 is 0 Å². The van der Waals surface area contributed by atoms with Gasteiger partial charge in [-0.1, -0.05) is 12.8 Å². The number of carbonyl (C=O) groups excluding carboxylic acids is 1. The van der Waals surface area contributed by atoms with E-state index < -0.39 is 0 Å². The lowest BCUT2D eigenvalue weighted by atomic mass is 10.2. The molecule has 0 aromatic heterocycles. The van der Waals surface area contributed by atoms with Crippen LogP contribution in [0.25, 0.3) is 0 Å². The number of carbonyl (C=O) groups is 1. The second kappa shape index (κ2) is 9.39. The monoisotopic (exact) mass is 264 g/mol. The average Bonchev–Trinajstić information content (AvgIpc) is 2.46. The van der Waals surface area contributed by atoms with Gasteiger partial charge in [0.25, 0.3) is 5.91 Å². The van der Waals surface area contributed by atoms with Crippen molar-refractivity contribution in [3.8, 4) is 5.75 Å².